The van der Waals surface area contributed by atoms with E-state index in [1.54, 1.807) is 0 Å². The molecule has 0 aliphatic heterocycles. The Morgan fingerprint density at radius 2 is 2.13 bits per heavy atom. The third kappa shape index (κ3) is 4.01. The first-order valence-electron chi connectivity index (χ1n) is 10.1. The van der Waals surface area contributed by atoms with E-state index in [4.69, 9.17) is 5.73 Å². The summed E-state index contributed by atoms with van der Waals surface area (Å²) in [4.78, 5) is 33.7. The average molecular weight is 428 g/mol. The molecule has 0 fully saturated rings. The minimum atomic E-state index is -0.451. The molecule has 0 spiro atoms. The number of aromatic nitrogens is 2. The Morgan fingerprint density at radius 1 is 1.37 bits per heavy atom. The normalized spacial score (nSPS) is 20.4. The number of nitrogens with two attached hydrogens (primary N) is 1. The summed E-state index contributed by atoms with van der Waals surface area (Å²) in [5, 5.41) is 3.30. The zero-order valence-electron chi connectivity index (χ0n) is 17.2. The zero-order valence-corrected chi connectivity index (χ0v) is 18.3. The third-order valence-electron chi connectivity index (χ3n) is 6.07. The van der Waals surface area contributed by atoms with Gasteiger partial charge in [0.1, 0.15) is 18.0 Å². The van der Waals surface area contributed by atoms with Gasteiger partial charge in [0.15, 0.2) is 5.78 Å². The van der Waals surface area contributed by atoms with Gasteiger partial charge in [0, 0.05) is 30.1 Å². The Hall–Kier alpha value is -2.24. The molecule has 4 rings (SSSR count). The largest absolute Gasteiger partial charge is 0.327 e. The van der Waals surface area contributed by atoms with E-state index in [2.05, 4.69) is 24.5 Å². The van der Waals surface area contributed by atoms with Gasteiger partial charge in [0.05, 0.1) is 11.3 Å². The molecule has 3 unspecified atom stereocenters. The molecule has 158 valence electrons. The summed E-state index contributed by atoms with van der Waals surface area (Å²) in [6.07, 6.45) is 4.08. The van der Waals surface area contributed by atoms with Crippen molar-refractivity contribution in [2.45, 2.75) is 57.9 Å². The molecule has 0 radical (unpaired) electrons. The first-order valence-corrected chi connectivity index (χ1v) is 10.7. The van der Waals surface area contributed by atoms with Crippen LogP contribution in [0.3, 0.4) is 0 Å². The number of carbonyl (C=O) groups is 2. The maximum Gasteiger partial charge on any atom is 0.227 e. The summed E-state index contributed by atoms with van der Waals surface area (Å²) < 4.78 is 14.0. The van der Waals surface area contributed by atoms with Crippen LogP contribution in [-0.2, 0) is 17.6 Å². The maximum absolute atomic E-state index is 14.0. The highest BCUT2D eigenvalue weighted by atomic mass is 31.0. The van der Waals surface area contributed by atoms with E-state index in [-0.39, 0.29) is 41.1 Å². The van der Waals surface area contributed by atoms with Crippen molar-refractivity contribution < 1.29 is 14.0 Å². The van der Waals surface area contributed by atoms with E-state index in [1.165, 1.54) is 12.4 Å². The Morgan fingerprint density at radius 3 is 2.90 bits per heavy atom. The number of hydrogen-bond acceptors (Lipinski definition) is 5. The fourth-order valence-corrected chi connectivity index (χ4v) is 4.93. The first kappa shape index (κ1) is 21.0. The molecule has 2 aliphatic rings. The Bertz CT molecular complexity index is 1040. The van der Waals surface area contributed by atoms with Crippen molar-refractivity contribution in [1.29, 1.82) is 0 Å². The van der Waals surface area contributed by atoms with Crippen molar-refractivity contribution in [2.24, 2.45) is 11.1 Å². The number of hydrogen-bond donors (Lipinski definition) is 2. The Balaban J connectivity index is 1.48. The van der Waals surface area contributed by atoms with E-state index >= 15 is 0 Å². The molecule has 3 N–H and O–H groups in total. The van der Waals surface area contributed by atoms with Crippen LogP contribution >= 0.6 is 9.24 Å². The van der Waals surface area contributed by atoms with E-state index in [1.807, 2.05) is 19.9 Å². The van der Waals surface area contributed by atoms with Crippen molar-refractivity contribution in [3.05, 3.63) is 46.7 Å². The lowest BCUT2D eigenvalue weighted by atomic mass is 9.76. The number of carbonyl (C=O) groups excluding carboxylic acids is 2. The number of ketones is 1. The van der Waals surface area contributed by atoms with Crippen molar-refractivity contribution in [3.63, 3.8) is 0 Å². The minimum Gasteiger partial charge on any atom is -0.327 e. The Kier molecular flexibility index (Phi) is 5.45. The molecule has 2 aliphatic carbocycles. The van der Waals surface area contributed by atoms with Gasteiger partial charge in [-0.2, -0.15) is 0 Å². The molecule has 0 saturated carbocycles. The number of amides is 1. The highest BCUT2D eigenvalue weighted by Crippen LogP contribution is 2.37. The molecule has 0 bridgehead atoms. The fourth-order valence-electron chi connectivity index (χ4n) is 4.65. The second-order valence-corrected chi connectivity index (χ2v) is 9.74. The van der Waals surface area contributed by atoms with Gasteiger partial charge in [0.25, 0.3) is 0 Å². The predicted molar refractivity (Wildman–Crippen MR) is 116 cm³/mol. The standard InChI is InChI=1S/C22H26FN4O2P/c1-22(2)8-16-20(17(28)9-22)21(26-10-25-16)27-19(29)7-15(24)12-4-3-11-5-18(30)14(23)6-13(11)12/h5-6,10,12,15H,3-4,7-9,24,30H2,1-2H3,(H,25,26,27,29). The van der Waals surface area contributed by atoms with Crippen LogP contribution in [0.15, 0.2) is 18.5 Å². The molecular formula is C22H26FN4O2P. The molecule has 1 amide bonds. The summed E-state index contributed by atoms with van der Waals surface area (Å²) in [5.41, 5.74) is 9.22. The number of nitrogens with one attached hydrogen (secondary N) is 1. The highest BCUT2D eigenvalue weighted by Gasteiger charge is 2.35. The minimum absolute atomic E-state index is 0.0603. The van der Waals surface area contributed by atoms with E-state index < -0.39 is 6.04 Å². The van der Waals surface area contributed by atoms with Crippen LogP contribution in [-0.4, -0.2) is 27.7 Å². The van der Waals surface area contributed by atoms with Gasteiger partial charge in [-0.3, -0.25) is 9.59 Å². The first-order chi connectivity index (χ1) is 14.1. The van der Waals surface area contributed by atoms with E-state index in [9.17, 15) is 14.0 Å². The smallest absolute Gasteiger partial charge is 0.227 e. The van der Waals surface area contributed by atoms with Crippen LogP contribution < -0.4 is 16.4 Å². The van der Waals surface area contributed by atoms with Gasteiger partial charge in [-0.05, 0) is 47.9 Å². The summed E-state index contributed by atoms with van der Waals surface area (Å²) in [6, 6.07) is 2.92. The number of aryl methyl sites for hydroxylation is 1. The maximum atomic E-state index is 14.0. The highest BCUT2D eigenvalue weighted by molar-refractivity contribution is 7.27. The molecule has 30 heavy (non-hydrogen) atoms. The summed E-state index contributed by atoms with van der Waals surface area (Å²) in [5.74, 6) is -0.473. The van der Waals surface area contributed by atoms with Crippen LogP contribution in [0, 0.1) is 11.2 Å². The molecule has 3 atom stereocenters. The molecule has 6 nitrogen and oxygen atoms in total. The van der Waals surface area contributed by atoms with Crippen LogP contribution in [0.25, 0.3) is 0 Å². The number of halogens is 1. The summed E-state index contributed by atoms with van der Waals surface area (Å²) >= 11 is 0. The monoisotopic (exact) mass is 428 g/mol. The zero-order chi connectivity index (χ0) is 21.6. The van der Waals surface area contributed by atoms with E-state index in [0.717, 1.165) is 24.0 Å². The van der Waals surface area contributed by atoms with Gasteiger partial charge < -0.3 is 11.1 Å². The molecular weight excluding hydrogens is 402 g/mol. The fraction of sp³-hybridized carbons (Fsp3) is 0.455. The number of anilines is 1. The molecule has 1 aromatic heterocycles. The van der Waals surface area contributed by atoms with Crippen molar-refractivity contribution in [2.75, 3.05) is 5.32 Å². The van der Waals surface area contributed by atoms with Crippen molar-refractivity contribution in [3.8, 4) is 0 Å². The number of benzene rings is 1. The van der Waals surface area contributed by atoms with Crippen molar-refractivity contribution >= 4 is 32.1 Å². The van der Waals surface area contributed by atoms with Crippen LogP contribution in [0.1, 0.15) is 66.2 Å². The molecule has 0 saturated heterocycles. The van der Waals surface area contributed by atoms with Crippen LogP contribution in [0.2, 0.25) is 0 Å². The van der Waals surface area contributed by atoms with Gasteiger partial charge >= 0.3 is 0 Å². The second-order valence-electron chi connectivity index (χ2n) is 9.12. The van der Waals surface area contributed by atoms with E-state index in [0.29, 0.717) is 29.4 Å². The van der Waals surface area contributed by atoms with Gasteiger partial charge in [-0.15, -0.1) is 9.24 Å². The molecule has 1 aromatic carbocycles. The number of Topliss-reactive ketones (excluding diaryl/α,β-unsaturated/α-hetero) is 1. The summed E-state index contributed by atoms with van der Waals surface area (Å²) in [6.45, 7) is 4.05. The summed E-state index contributed by atoms with van der Waals surface area (Å²) in [7, 11) is 2.40. The topological polar surface area (TPSA) is 98.0 Å². The number of nitrogens with zero attached hydrogens (tertiary/aromatic N) is 2. The van der Waals surface area contributed by atoms with Gasteiger partial charge in [0.2, 0.25) is 5.91 Å². The molecule has 1 heterocycles. The third-order valence-corrected chi connectivity index (χ3v) is 6.51. The Labute approximate surface area is 177 Å². The SMILES string of the molecule is CC1(C)CC(=O)c2c(ncnc2NC(=O)CC(N)C2CCc3cc(P)c(F)cc32)C1. The van der Waals surface area contributed by atoms with Gasteiger partial charge in [-0.25, -0.2) is 14.4 Å². The second kappa shape index (κ2) is 7.78. The van der Waals surface area contributed by atoms with Gasteiger partial charge in [-0.1, -0.05) is 13.8 Å². The quantitative estimate of drug-likeness (QED) is 0.730. The molecule has 2 aromatic rings. The lowest BCUT2D eigenvalue weighted by molar-refractivity contribution is -0.116. The molecule has 8 heteroatoms. The number of rotatable bonds is 4. The lowest BCUT2D eigenvalue weighted by Crippen LogP contribution is -2.33. The number of fused-ring (bicyclic) bond motifs is 2. The lowest BCUT2D eigenvalue weighted by Gasteiger charge is -2.29. The predicted octanol–water partition coefficient (Wildman–Crippen LogP) is 2.66. The van der Waals surface area contributed by atoms with Crippen LogP contribution in [0.4, 0.5) is 10.2 Å². The van der Waals surface area contributed by atoms with Crippen molar-refractivity contribution in [1.82, 2.24) is 9.97 Å². The van der Waals surface area contributed by atoms with Crippen LogP contribution in [0.5, 0.6) is 0 Å². The average Bonchev–Trinajstić information content (AvgIpc) is 3.03.